The van der Waals surface area contributed by atoms with Gasteiger partial charge in [-0.3, -0.25) is 9.59 Å². The van der Waals surface area contributed by atoms with Crippen molar-refractivity contribution in [2.24, 2.45) is 0 Å². The zero-order chi connectivity index (χ0) is 25.6. The van der Waals surface area contributed by atoms with Crippen molar-refractivity contribution in [2.75, 3.05) is 12.1 Å². The van der Waals surface area contributed by atoms with E-state index in [2.05, 4.69) is 10.3 Å². The van der Waals surface area contributed by atoms with Crippen LogP contribution in [0.15, 0.2) is 69.3 Å². The molecule has 0 unspecified atom stereocenters. The molecule has 184 valence electrons. The zero-order valence-corrected chi connectivity index (χ0v) is 20.7. The number of aryl methyl sites for hydroxylation is 3. The predicted molar refractivity (Wildman–Crippen MR) is 133 cm³/mol. The lowest BCUT2D eigenvalue weighted by molar-refractivity contribution is -0.116. The van der Waals surface area contributed by atoms with Gasteiger partial charge in [0.1, 0.15) is 17.1 Å². The zero-order valence-electron chi connectivity index (χ0n) is 19.9. The molecule has 1 amide bonds. The van der Waals surface area contributed by atoms with Gasteiger partial charge in [0.25, 0.3) is 0 Å². The van der Waals surface area contributed by atoms with Crippen LogP contribution in [0.4, 0.5) is 5.69 Å². The summed E-state index contributed by atoms with van der Waals surface area (Å²) in [5.74, 6) is 0.665. The molecule has 0 fully saturated rings. The number of aromatic nitrogens is 2. The van der Waals surface area contributed by atoms with Crippen LogP contribution in [0.1, 0.15) is 16.8 Å². The second-order valence-corrected chi connectivity index (χ2v) is 10.5. The molecule has 0 spiro atoms. The molecular weight excluding hydrogens is 482 g/mol. The molecule has 1 aliphatic heterocycles. The maximum absolute atomic E-state index is 13.6. The summed E-state index contributed by atoms with van der Waals surface area (Å²) in [6, 6.07) is 13.1. The number of carbonyl (C=O) groups is 1. The summed E-state index contributed by atoms with van der Waals surface area (Å²) in [6.07, 6.45) is 1.20. The number of anilines is 1. The first-order valence-corrected chi connectivity index (χ1v) is 12.6. The van der Waals surface area contributed by atoms with Crippen LogP contribution in [-0.2, 0) is 21.2 Å². The Kier molecular flexibility index (Phi) is 5.76. The number of sulfone groups is 1. The van der Waals surface area contributed by atoms with E-state index in [0.29, 0.717) is 28.4 Å². The highest BCUT2D eigenvalue weighted by molar-refractivity contribution is 7.91. The van der Waals surface area contributed by atoms with Gasteiger partial charge in [0, 0.05) is 23.6 Å². The van der Waals surface area contributed by atoms with E-state index in [1.54, 1.807) is 50.2 Å². The van der Waals surface area contributed by atoms with Gasteiger partial charge < -0.3 is 19.4 Å². The highest BCUT2D eigenvalue weighted by Crippen LogP contribution is 2.34. The smallest absolute Gasteiger partial charge is 0.244 e. The highest BCUT2D eigenvalue weighted by atomic mass is 32.2. The number of fused-ring (bicyclic) bond motifs is 2. The highest BCUT2D eigenvalue weighted by Gasteiger charge is 2.26. The second-order valence-electron chi connectivity index (χ2n) is 8.66. The van der Waals surface area contributed by atoms with E-state index in [0.717, 1.165) is 5.56 Å². The van der Waals surface area contributed by atoms with Gasteiger partial charge in [-0.1, -0.05) is 17.7 Å². The predicted octanol–water partition coefficient (Wildman–Crippen LogP) is 3.52. The molecule has 4 aromatic rings. The number of nitrogens with one attached hydrogen (secondary N) is 1. The molecule has 1 aliphatic rings. The number of pyridine rings is 2. The minimum atomic E-state index is -4.17. The van der Waals surface area contributed by atoms with E-state index in [-0.39, 0.29) is 29.3 Å². The van der Waals surface area contributed by atoms with Gasteiger partial charge in [-0.15, -0.1) is 0 Å². The number of nitrogens with zero attached hydrogens (tertiary/aromatic N) is 2. The molecule has 5 rings (SSSR count). The molecule has 0 bridgehead atoms. The van der Waals surface area contributed by atoms with Crippen molar-refractivity contribution in [3.63, 3.8) is 0 Å². The normalized spacial score (nSPS) is 12.6. The molecule has 0 atom stereocenters. The van der Waals surface area contributed by atoms with Crippen molar-refractivity contribution in [1.29, 1.82) is 0 Å². The van der Waals surface area contributed by atoms with E-state index in [4.69, 9.17) is 9.47 Å². The number of rotatable bonds is 5. The van der Waals surface area contributed by atoms with Crippen molar-refractivity contribution < 1.29 is 22.7 Å². The molecule has 0 aliphatic carbocycles. The van der Waals surface area contributed by atoms with Gasteiger partial charge in [0.05, 0.1) is 10.3 Å². The van der Waals surface area contributed by atoms with Gasteiger partial charge in [-0.2, -0.15) is 0 Å². The van der Waals surface area contributed by atoms with Crippen molar-refractivity contribution in [3.05, 3.63) is 81.8 Å². The van der Waals surface area contributed by atoms with Crippen LogP contribution in [0, 0.1) is 20.8 Å². The van der Waals surface area contributed by atoms with Crippen LogP contribution >= 0.6 is 0 Å². The van der Waals surface area contributed by atoms with Crippen LogP contribution in [0.2, 0.25) is 0 Å². The Balaban J connectivity index is 1.58. The van der Waals surface area contributed by atoms with Crippen LogP contribution in [0.25, 0.3) is 11.0 Å². The summed E-state index contributed by atoms with van der Waals surface area (Å²) in [7, 11) is -4.17. The Bertz CT molecular complexity index is 1710. The minimum Gasteiger partial charge on any atom is -0.454 e. The van der Waals surface area contributed by atoms with E-state index in [9.17, 15) is 18.0 Å². The molecule has 0 saturated heterocycles. The average molecular weight is 506 g/mol. The fraction of sp³-hybridized carbons (Fsp3) is 0.192. The number of carbonyl (C=O) groups excluding carboxylic acids is 1. The lowest BCUT2D eigenvalue weighted by atomic mass is 10.2. The summed E-state index contributed by atoms with van der Waals surface area (Å²) in [6.45, 7) is 5.14. The summed E-state index contributed by atoms with van der Waals surface area (Å²) in [5, 5.41) is 2.88. The number of hydrogen-bond donors (Lipinski definition) is 1. The molecule has 10 heteroatoms. The van der Waals surface area contributed by atoms with E-state index < -0.39 is 26.1 Å². The first kappa shape index (κ1) is 23.6. The van der Waals surface area contributed by atoms with Crippen molar-refractivity contribution in [3.8, 4) is 11.5 Å². The third-order valence-corrected chi connectivity index (χ3v) is 7.81. The lowest BCUT2D eigenvalue weighted by Gasteiger charge is -2.15. The SMILES string of the molecule is Cc1ccc(S(=O)(=O)c2cn(CC(=O)Nc3ccc4c(c3)OCO4)c3nc(C)ccc3c2=O)c(C)c1. The van der Waals surface area contributed by atoms with Crippen molar-refractivity contribution in [1.82, 2.24) is 9.55 Å². The Morgan fingerprint density at radius 1 is 1.00 bits per heavy atom. The summed E-state index contributed by atoms with van der Waals surface area (Å²) in [4.78, 5) is 30.3. The van der Waals surface area contributed by atoms with Crippen molar-refractivity contribution >= 4 is 32.5 Å². The Morgan fingerprint density at radius 2 is 1.78 bits per heavy atom. The molecule has 3 heterocycles. The summed E-state index contributed by atoms with van der Waals surface area (Å²) in [5.41, 5.74) is 2.11. The lowest BCUT2D eigenvalue weighted by Crippen LogP contribution is -2.24. The molecule has 0 radical (unpaired) electrons. The topological polar surface area (TPSA) is 117 Å². The quantitative estimate of drug-likeness (QED) is 0.441. The van der Waals surface area contributed by atoms with Gasteiger partial charge >= 0.3 is 0 Å². The molecule has 1 N–H and O–H groups in total. The van der Waals surface area contributed by atoms with E-state index in [1.807, 2.05) is 6.92 Å². The molecular formula is C26H23N3O6S. The number of hydrogen-bond acceptors (Lipinski definition) is 7. The monoisotopic (exact) mass is 505 g/mol. The molecule has 2 aromatic heterocycles. The molecule has 36 heavy (non-hydrogen) atoms. The van der Waals surface area contributed by atoms with Gasteiger partial charge in [0.15, 0.2) is 11.5 Å². The number of ether oxygens (including phenoxy) is 2. The van der Waals surface area contributed by atoms with E-state index in [1.165, 1.54) is 22.9 Å². The van der Waals surface area contributed by atoms with Crippen LogP contribution in [0.3, 0.4) is 0 Å². The largest absolute Gasteiger partial charge is 0.454 e. The third kappa shape index (κ3) is 4.20. The van der Waals surface area contributed by atoms with Crippen LogP contribution < -0.4 is 20.2 Å². The first-order chi connectivity index (χ1) is 17.1. The second kappa shape index (κ2) is 8.80. The van der Waals surface area contributed by atoms with Crippen LogP contribution in [0.5, 0.6) is 11.5 Å². The van der Waals surface area contributed by atoms with Gasteiger partial charge in [-0.05, 0) is 56.7 Å². The maximum Gasteiger partial charge on any atom is 0.244 e. The Hall–Kier alpha value is -4.18. The minimum absolute atomic E-state index is 0.0426. The van der Waals surface area contributed by atoms with Crippen LogP contribution in [-0.4, -0.2) is 30.7 Å². The fourth-order valence-electron chi connectivity index (χ4n) is 4.19. The van der Waals surface area contributed by atoms with Crippen molar-refractivity contribution in [2.45, 2.75) is 37.1 Å². The standard InChI is InChI=1S/C26H23N3O6S/c1-15-4-9-22(16(2)10-15)36(32,33)23-12-29(26-19(25(23)31)7-5-17(3)27-26)13-24(30)28-18-6-8-20-21(11-18)35-14-34-20/h4-12H,13-14H2,1-3H3,(H,28,30). The van der Waals surface area contributed by atoms with E-state index >= 15 is 0 Å². The molecule has 9 nitrogen and oxygen atoms in total. The van der Waals surface area contributed by atoms with Gasteiger partial charge in [-0.25, -0.2) is 13.4 Å². The number of amides is 1. The number of benzene rings is 2. The fourth-order valence-corrected chi connectivity index (χ4v) is 5.78. The molecule has 0 saturated carbocycles. The summed E-state index contributed by atoms with van der Waals surface area (Å²) >= 11 is 0. The van der Waals surface area contributed by atoms with Gasteiger partial charge in [0.2, 0.25) is 28.0 Å². The average Bonchev–Trinajstić information content (AvgIpc) is 3.28. The Morgan fingerprint density at radius 3 is 2.56 bits per heavy atom. The maximum atomic E-state index is 13.6. The Labute approximate surface area is 207 Å². The summed E-state index contributed by atoms with van der Waals surface area (Å²) < 4.78 is 39.2. The third-order valence-electron chi connectivity index (χ3n) is 5.91. The first-order valence-electron chi connectivity index (χ1n) is 11.2. The molecule has 2 aromatic carbocycles.